The topological polar surface area (TPSA) is 28.4 Å². The Morgan fingerprint density at radius 3 is 2.69 bits per heavy atom. The predicted octanol–water partition coefficient (Wildman–Crippen LogP) is 4.64. The van der Waals surface area contributed by atoms with E-state index in [1.165, 1.54) is 17.8 Å². The number of rotatable bonds is 3. The van der Waals surface area contributed by atoms with Crippen molar-refractivity contribution in [3.63, 3.8) is 0 Å². The number of fused-ring (bicyclic) bond motifs is 1. The van der Waals surface area contributed by atoms with Gasteiger partial charge in [0.15, 0.2) is 0 Å². The zero-order chi connectivity index (χ0) is 18.1. The van der Waals surface area contributed by atoms with Crippen LogP contribution >= 0.6 is 0 Å². The molecule has 1 N–H and O–H groups in total. The van der Waals surface area contributed by atoms with E-state index in [0.717, 1.165) is 36.2 Å². The number of nitrogens with zero attached hydrogens (tertiary/aromatic N) is 2. The molecule has 134 valence electrons. The van der Waals surface area contributed by atoms with Gasteiger partial charge in [0.25, 0.3) is 0 Å². The number of hydrogen-bond acceptors (Lipinski definition) is 2. The summed E-state index contributed by atoms with van der Waals surface area (Å²) in [5, 5.41) is 10.3. The van der Waals surface area contributed by atoms with Crippen molar-refractivity contribution in [2.24, 2.45) is 0 Å². The number of phenolic OH excluding ortho intramolecular Hbond substituents is 1. The maximum atomic E-state index is 13.5. The molecular formula is C22H23FN2O. The lowest BCUT2D eigenvalue weighted by Gasteiger charge is -2.31. The quantitative estimate of drug-likeness (QED) is 0.746. The fourth-order valence-corrected chi connectivity index (χ4v) is 3.90. The molecule has 0 amide bonds. The molecule has 0 spiro atoms. The molecule has 4 heteroatoms. The highest BCUT2D eigenvalue weighted by Gasteiger charge is 2.27. The smallest absolute Gasteiger partial charge is 0.123 e. The van der Waals surface area contributed by atoms with Gasteiger partial charge in [0.1, 0.15) is 11.6 Å². The number of aryl methyl sites for hydroxylation is 2. The summed E-state index contributed by atoms with van der Waals surface area (Å²) in [5.41, 5.74) is 4.34. The number of halogens is 1. The Balaban J connectivity index is 1.75. The van der Waals surface area contributed by atoms with E-state index in [2.05, 4.69) is 27.8 Å². The molecule has 1 aliphatic heterocycles. The van der Waals surface area contributed by atoms with Crippen LogP contribution in [0.25, 0.3) is 0 Å². The summed E-state index contributed by atoms with van der Waals surface area (Å²) >= 11 is 0. The average Bonchev–Trinajstić information content (AvgIpc) is 3.01. The second kappa shape index (κ2) is 6.96. The first-order valence-corrected chi connectivity index (χ1v) is 9.05. The lowest BCUT2D eigenvalue weighted by Crippen LogP contribution is -2.29. The van der Waals surface area contributed by atoms with Gasteiger partial charge >= 0.3 is 0 Å². The van der Waals surface area contributed by atoms with E-state index in [1.807, 2.05) is 31.2 Å². The van der Waals surface area contributed by atoms with Crippen molar-refractivity contribution in [3.05, 3.63) is 89.0 Å². The van der Waals surface area contributed by atoms with Crippen molar-refractivity contribution in [2.45, 2.75) is 32.5 Å². The molecule has 1 aromatic heterocycles. The summed E-state index contributed by atoms with van der Waals surface area (Å²) < 4.78 is 15.7. The highest BCUT2D eigenvalue weighted by Crippen LogP contribution is 2.34. The van der Waals surface area contributed by atoms with E-state index in [1.54, 1.807) is 6.07 Å². The predicted molar refractivity (Wildman–Crippen MR) is 101 cm³/mol. The maximum Gasteiger partial charge on any atom is 0.123 e. The number of aromatic hydroxyl groups is 1. The zero-order valence-corrected chi connectivity index (χ0v) is 14.9. The number of aromatic nitrogens is 1. The molecule has 0 aliphatic carbocycles. The molecule has 1 aliphatic rings. The van der Waals surface area contributed by atoms with Gasteiger partial charge in [-0.3, -0.25) is 4.90 Å². The van der Waals surface area contributed by atoms with E-state index in [4.69, 9.17) is 0 Å². The molecule has 2 heterocycles. The van der Waals surface area contributed by atoms with Crippen LogP contribution in [-0.4, -0.2) is 21.1 Å². The molecule has 2 aromatic carbocycles. The molecule has 4 rings (SSSR count). The Morgan fingerprint density at radius 1 is 1.08 bits per heavy atom. The van der Waals surface area contributed by atoms with Crippen molar-refractivity contribution in [3.8, 4) is 5.75 Å². The Kier molecular flexibility index (Phi) is 4.51. The summed E-state index contributed by atoms with van der Waals surface area (Å²) in [7, 11) is 0. The van der Waals surface area contributed by atoms with E-state index < -0.39 is 0 Å². The SMILES string of the molecule is Cc1ccc(O)c(CN2CCCn3cccc3C2c2ccc(F)cc2)c1. The van der Waals surface area contributed by atoms with Crippen molar-refractivity contribution in [1.29, 1.82) is 0 Å². The molecule has 0 fully saturated rings. The first-order valence-electron chi connectivity index (χ1n) is 9.05. The lowest BCUT2D eigenvalue weighted by atomic mass is 10.0. The fraction of sp³-hybridized carbons (Fsp3) is 0.273. The number of phenols is 1. The summed E-state index contributed by atoms with van der Waals surface area (Å²) in [6, 6.07) is 16.8. The van der Waals surface area contributed by atoms with Crippen molar-refractivity contribution in [1.82, 2.24) is 9.47 Å². The van der Waals surface area contributed by atoms with Crippen molar-refractivity contribution >= 4 is 0 Å². The van der Waals surface area contributed by atoms with E-state index >= 15 is 0 Å². The van der Waals surface area contributed by atoms with Crippen LogP contribution in [0.5, 0.6) is 5.75 Å². The van der Waals surface area contributed by atoms with Gasteiger partial charge in [0, 0.05) is 37.1 Å². The molecule has 26 heavy (non-hydrogen) atoms. The maximum absolute atomic E-state index is 13.5. The van der Waals surface area contributed by atoms with Crippen LogP contribution in [0.1, 0.15) is 34.8 Å². The summed E-state index contributed by atoms with van der Waals surface area (Å²) in [6.45, 7) is 4.57. The third kappa shape index (κ3) is 3.25. The largest absolute Gasteiger partial charge is 0.508 e. The van der Waals surface area contributed by atoms with Gasteiger partial charge in [-0.15, -0.1) is 0 Å². The van der Waals surface area contributed by atoms with Crippen LogP contribution in [-0.2, 0) is 13.1 Å². The van der Waals surface area contributed by atoms with Crippen LogP contribution in [0.15, 0.2) is 60.8 Å². The fourth-order valence-electron chi connectivity index (χ4n) is 3.90. The van der Waals surface area contributed by atoms with E-state index in [0.29, 0.717) is 12.3 Å². The lowest BCUT2D eigenvalue weighted by molar-refractivity contribution is 0.217. The second-order valence-electron chi connectivity index (χ2n) is 7.04. The van der Waals surface area contributed by atoms with Crippen LogP contribution in [0, 0.1) is 12.7 Å². The number of benzene rings is 2. The van der Waals surface area contributed by atoms with E-state index in [9.17, 15) is 9.50 Å². The summed E-state index contributed by atoms with van der Waals surface area (Å²) in [4.78, 5) is 2.38. The average molecular weight is 350 g/mol. The Bertz CT molecular complexity index is 901. The molecule has 3 aromatic rings. The third-order valence-electron chi connectivity index (χ3n) is 5.15. The summed E-state index contributed by atoms with van der Waals surface area (Å²) in [6.07, 6.45) is 3.14. The van der Waals surface area contributed by atoms with Gasteiger partial charge in [0.05, 0.1) is 6.04 Å². The highest BCUT2D eigenvalue weighted by atomic mass is 19.1. The first kappa shape index (κ1) is 16.9. The molecule has 0 saturated heterocycles. The normalized spacial score (nSPS) is 17.7. The molecule has 0 saturated carbocycles. The Labute approximate surface area is 153 Å². The minimum absolute atomic E-state index is 0.0352. The van der Waals surface area contributed by atoms with Crippen LogP contribution in [0.3, 0.4) is 0 Å². The monoisotopic (exact) mass is 350 g/mol. The molecule has 1 atom stereocenters. The van der Waals surface area contributed by atoms with Crippen molar-refractivity contribution < 1.29 is 9.50 Å². The van der Waals surface area contributed by atoms with Gasteiger partial charge in [-0.2, -0.15) is 0 Å². The molecule has 0 radical (unpaired) electrons. The highest BCUT2D eigenvalue weighted by molar-refractivity contribution is 5.37. The second-order valence-corrected chi connectivity index (χ2v) is 7.04. The Hall–Kier alpha value is -2.59. The first-order chi connectivity index (χ1) is 12.6. The molecule has 0 bridgehead atoms. The molecular weight excluding hydrogens is 327 g/mol. The third-order valence-corrected chi connectivity index (χ3v) is 5.15. The molecule has 1 unspecified atom stereocenters. The van der Waals surface area contributed by atoms with Gasteiger partial charge in [-0.25, -0.2) is 4.39 Å². The minimum atomic E-state index is -0.222. The van der Waals surface area contributed by atoms with E-state index in [-0.39, 0.29) is 11.9 Å². The standard InChI is InChI=1S/C22H23FN2O/c1-16-5-10-21(26)18(14-16)15-25-13-3-12-24-11-2-4-20(24)22(25)17-6-8-19(23)9-7-17/h2,4-11,14,22,26H,3,12-13,15H2,1H3. The minimum Gasteiger partial charge on any atom is -0.508 e. The molecule has 3 nitrogen and oxygen atoms in total. The van der Waals surface area contributed by atoms with Crippen LogP contribution in [0.4, 0.5) is 4.39 Å². The van der Waals surface area contributed by atoms with Gasteiger partial charge in [0.2, 0.25) is 0 Å². The van der Waals surface area contributed by atoms with Crippen LogP contribution < -0.4 is 0 Å². The van der Waals surface area contributed by atoms with Crippen LogP contribution in [0.2, 0.25) is 0 Å². The summed E-state index contributed by atoms with van der Waals surface area (Å²) in [5.74, 6) is 0.105. The van der Waals surface area contributed by atoms with Crippen molar-refractivity contribution in [2.75, 3.05) is 6.54 Å². The zero-order valence-electron chi connectivity index (χ0n) is 14.9. The number of hydrogen-bond donors (Lipinski definition) is 1. The van der Waals surface area contributed by atoms with Gasteiger partial charge in [-0.1, -0.05) is 29.8 Å². The van der Waals surface area contributed by atoms with Gasteiger partial charge in [-0.05, 0) is 49.2 Å². The Morgan fingerprint density at radius 2 is 1.88 bits per heavy atom. The van der Waals surface area contributed by atoms with Gasteiger partial charge < -0.3 is 9.67 Å².